The van der Waals surface area contributed by atoms with Crippen molar-refractivity contribution in [1.82, 2.24) is 4.90 Å². The van der Waals surface area contributed by atoms with Crippen LogP contribution in [0.2, 0.25) is 0 Å². The zero-order chi connectivity index (χ0) is 12.8. The third kappa shape index (κ3) is 3.48. The molecule has 0 atom stereocenters. The largest absolute Gasteiger partial charge is 0.491 e. The number of benzene rings is 1. The molecule has 18 heavy (non-hydrogen) atoms. The van der Waals surface area contributed by atoms with Gasteiger partial charge in [0.15, 0.2) is 0 Å². The molecule has 0 radical (unpaired) electrons. The number of hydrogen-bond donors (Lipinski definition) is 0. The summed E-state index contributed by atoms with van der Waals surface area (Å²) in [4.78, 5) is 2.32. The predicted octanol–water partition coefficient (Wildman–Crippen LogP) is 2.67. The summed E-state index contributed by atoms with van der Waals surface area (Å²) < 4.78 is 5.67. The van der Waals surface area contributed by atoms with Crippen molar-refractivity contribution < 1.29 is 4.74 Å². The maximum absolute atomic E-state index is 8.94. The molecule has 2 rings (SSSR count). The maximum atomic E-state index is 8.94. The van der Waals surface area contributed by atoms with Crippen LogP contribution in [-0.4, -0.2) is 31.6 Å². The van der Waals surface area contributed by atoms with Crippen molar-refractivity contribution in [3.05, 3.63) is 29.8 Å². The van der Waals surface area contributed by atoms with Gasteiger partial charge in [0.25, 0.3) is 0 Å². The summed E-state index contributed by atoms with van der Waals surface area (Å²) in [6, 6.07) is 9.53. The molecule has 3 heteroatoms. The van der Waals surface area contributed by atoms with Gasteiger partial charge in [-0.15, -0.1) is 0 Å². The quantitative estimate of drug-likeness (QED) is 0.772. The second-order valence-electron chi connectivity index (χ2n) is 5.02. The number of likely N-dealkylation sites (N-methyl/N-ethyl adjacent to an activating group) is 1. The lowest BCUT2D eigenvalue weighted by Crippen LogP contribution is -2.32. The Kier molecular flexibility index (Phi) is 4.60. The number of hydrogen-bond acceptors (Lipinski definition) is 3. The molecule has 0 saturated heterocycles. The van der Waals surface area contributed by atoms with Gasteiger partial charge in [-0.2, -0.15) is 5.26 Å². The minimum atomic E-state index is 0.610. The molecule has 0 unspecified atom stereocenters. The number of para-hydroxylation sites is 1. The Morgan fingerprint density at radius 2 is 2.17 bits per heavy atom. The van der Waals surface area contributed by atoms with E-state index in [9.17, 15) is 0 Å². The van der Waals surface area contributed by atoms with Crippen LogP contribution in [0, 0.1) is 17.2 Å². The first-order valence-corrected chi connectivity index (χ1v) is 6.60. The summed E-state index contributed by atoms with van der Waals surface area (Å²) in [5.41, 5.74) is 0.610. The standard InChI is InChI=1S/C15H20N2O/c1-17(12-13-5-4-6-13)9-10-18-15-8-3-2-7-14(15)11-16/h2-3,7-8,13H,4-6,9-10,12H2,1H3. The van der Waals surface area contributed by atoms with Gasteiger partial charge in [-0.25, -0.2) is 0 Å². The monoisotopic (exact) mass is 244 g/mol. The molecule has 1 fully saturated rings. The van der Waals surface area contributed by atoms with E-state index < -0.39 is 0 Å². The van der Waals surface area contributed by atoms with E-state index in [1.165, 1.54) is 25.8 Å². The Morgan fingerprint density at radius 3 is 2.83 bits per heavy atom. The van der Waals surface area contributed by atoms with Gasteiger partial charge in [0.2, 0.25) is 0 Å². The third-order valence-electron chi connectivity index (χ3n) is 3.53. The van der Waals surface area contributed by atoms with Crippen LogP contribution in [-0.2, 0) is 0 Å². The molecule has 0 amide bonds. The van der Waals surface area contributed by atoms with Gasteiger partial charge in [-0.05, 0) is 37.9 Å². The minimum absolute atomic E-state index is 0.610. The highest BCUT2D eigenvalue weighted by atomic mass is 16.5. The second-order valence-corrected chi connectivity index (χ2v) is 5.02. The van der Waals surface area contributed by atoms with Crippen molar-refractivity contribution in [2.75, 3.05) is 26.7 Å². The molecule has 0 N–H and O–H groups in total. The topological polar surface area (TPSA) is 36.3 Å². The fourth-order valence-electron chi connectivity index (χ4n) is 2.20. The number of nitriles is 1. The molecule has 1 aromatic carbocycles. The van der Waals surface area contributed by atoms with Gasteiger partial charge in [0.05, 0.1) is 5.56 Å². The Morgan fingerprint density at radius 1 is 1.39 bits per heavy atom. The molecule has 0 heterocycles. The van der Waals surface area contributed by atoms with Crippen molar-refractivity contribution in [3.63, 3.8) is 0 Å². The molecule has 0 aromatic heterocycles. The molecule has 0 bridgehead atoms. The summed E-state index contributed by atoms with van der Waals surface area (Å²) in [6.07, 6.45) is 4.15. The lowest BCUT2D eigenvalue weighted by molar-refractivity contribution is 0.177. The number of ether oxygens (including phenoxy) is 1. The molecule has 96 valence electrons. The van der Waals surface area contributed by atoms with Crippen LogP contribution in [0.15, 0.2) is 24.3 Å². The van der Waals surface area contributed by atoms with E-state index in [-0.39, 0.29) is 0 Å². The minimum Gasteiger partial charge on any atom is -0.491 e. The first-order chi connectivity index (χ1) is 8.79. The molecule has 3 nitrogen and oxygen atoms in total. The highest BCUT2D eigenvalue weighted by molar-refractivity contribution is 5.42. The number of nitrogens with zero attached hydrogens (tertiary/aromatic N) is 2. The third-order valence-corrected chi connectivity index (χ3v) is 3.53. The van der Waals surface area contributed by atoms with Crippen LogP contribution < -0.4 is 4.74 Å². The van der Waals surface area contributed by atoms with Gasteiger partial charge in [0, 0.05) is 13.1 Å². The highest BCUT2D eigenvalue weighted by Gasteiger charge is 2.18. The van der Waals surface area contributed by atoms with E-state index in [1.54, 1.807) is 6.07 Å². The van der Waals surface area contributed by atoms with E-state index >= 15 is 0 Å². The zero-order valence-corrected chi connectivity index (χ0v) is 10.9. The van der Waals surface area contributed by atoms with Crippen LogP contribution >= 0.6 is 0 Å². The Labute approximate surface area is 109 Å². The van der Waals surface area contributed by atoms with Crippen molar-refractivity contribution in [1.29, 1.82) is 5.26 Å². The highest BCUT2D eigenvalue weighted by Crippen LogP contribution is 2.26. The van der Waals surface area contributed by atoms with E-state index in [4.69, 9.17) is 10.00 Å². The molecule has 1 aromatic rings. The van der Waals surface area contributed by atoms with Crippen LogP contribution in [0.25, 0.3) is 0 Å². The summed E-state index contributed by atoms with van der Waals surface area (Å²) in [5.74, 6) is 1.58. The van der Waals surface area contributed by atoms with E-state index in [0.29, 0.717) is 17.9 Å². The molecule has 1 aliphatic rings. The van der Waals surface area contributed by atoms with Gasteiger partial charge < -0.3 is 9.64 Å². The van der Waals surface area contributed by atoms with Crippen molar-refractivity contribution >= 4 is 0 Å². The van der Waals surface area contributed by atoms with Gasteiger partial charge in [-0.3, -0.25) is 0 Å². The fourth-order valence-corrected chi connectivity index (χ4v) is 2.20. The van der Waals surface area contributed by atoms with Crippen molar-refractivity contribution in [2.24, 2.45) is 5.92 Å². The smallest absolute Gasteiger partial charge is 0.137 e. The maximum Gasteiger partial charge on any atom is 0.137 e. The summed E-state index contributed by atoms with van der Waals surface area (Å²) in [7, 11) is 2.14. The average molecular weight is 244 g/mol. The SMILES string of the molecule is CN(CCOc1ccccc1C#N)CC1CCC1. The van der Waals surface area contributed by atoms with Crippen molar-refractivity contribution in [3.8, 4) is 11.8 Å². The lowest BCUT2D eigenvalue weighted by Gasteiger charge is -2.30. The van der Waals surface area contributed by atoms with Crippen LogP contribution in [0.4, 0.5) is 0 Å². The first kappa shape index (κ1) is 12.9. The summed E-state index contributed by atoms with van der Waals surface area (Å²) >= 11 is 0. The van der Waals surface area contributed by atoms with Crippen molar-refractivity contribution in [2.45, 2.75) is 19.3 Å². The molecule has 0 aliphatic heterocycles. The van der Waals surface area contributed by atoms with Crippen LogP contribution in [0.3, 0.4) is 0 Å². The molecular weight excluding hydrogens is 224 g/mol. The normalized spacial score (nSPS) is 15.2. The Balaban J connectivity index is 1.72. The average Bonchev–Trinajstić information content (AvgIpc) is 2.34. The predicted molar refractivity (Wildman–Crippen MR) is 71.5 cm³/mol. The summed E-state index contributed by atoms with van der Waals surface area (Å²) in [6.45, 7) is 2.72. The van der Waals surface area contributed by atoms with Gasteiger partial charge in [-0.1, -0.05) is 18.6 Å². The van der Waals surface area contributed by atoms with E-state index in [2.05, 4.69) is 18.0 Å². The van der Waals surface area contributed by atoms with E-state index in [0.717, 1.165) is 12.5 Å². The zero-order valence-electron chi connectivity index (χ0n) is 10.9. The van der Waals surface area contributed by atoms with E-state index in [1.807, 2.05) is 18.2 Å². The number of rotatable bonds is 6. The molecule has 0 spiro atoms. The van der Waals surface area contributed by atoms with Gasteiger partial charge in [0.1, 0.15) is 18.4 Å². The molecule has 1 saturated carbocycles. The Hall–Kier alpha value is -1.53. The van der Waals surface area contributed by atoms with Crippen LogP contribution in [0.5, 0.6) is 5.75 Å². The molecular formula is C15H20N2O. The second kappa shape index (κ2) is 6.42. The van der Waals surface area contributed by atoms with Gasteiger partial charge >= 0.3 is 0 Å². The fraction of sp³-hybridized carbons (Fsp3) is 0.533. The first-order valence-electron chi connectivity index (χ1n) is 6.60. The molecule has 1 aliphatic carbocycles. The summed E-state index contributed by atoms with van der Waals surface area (Å²) in [5, 5.41) is 8.94. The Bertz CT molecular complexity index is 421. The lowest BCUT2D eigenvalue weighted by atomic mass is 9.85. The van der Waals surface area contributed by atoms with Crippen LogP contribution in [0.1, 0.15) is 24.8 Å².